The van der Waals surface area contributed by atoms with Crippen LogP contribution in [0.2, 0.25) is 0 Å². The summed E-state index contributed by atoms with van der Waals surface area (Å²) < 4.78 is 28.4. The summed E-state index contributed by atoms with van der Waals surface area (Å²) in [4.78, 5) is 40.1. The van der Waals surface area contributed by atoms with Gasteiger partial charge in [-0.3, -0.25) is 19.1 Å². The van der Waals surface area contributed by atoms with Crippen LogP contribution in [0.1, 0.15) is 11.5 Å². The van der Waals surface area contributed by atoms with Crippen LogP contribution in [-0.2, 0) is 11.2 Å². The summed E-state index contributed by atoms with van der Waals surface area (Å²) >= 11 is 1.07. The van der Waals surface area contributed by atoms with Crippen molar-refractivity contribution in [1.29, 1.82) is 0 Å². The van der Waals surface area contributed by atoms with Crippen LogP contribution in [0.25, 0.3) is 5.69 Å². The largest absolute Gasteiger partial charge is 0.325 e. The van der Waals surface area contributed by atoms with Crippen molar-refractivity contribution >= 4 is 23.4 Å². The van der Waals surface area contributed by atoms with Gasteiger partial charge in [0.1, 0.15) is 17.5 Å². The molecule has 2 aromatic heterocycles. The fourth-order valence-electron chi connectivity index (χ4n) is 3.04. The third-order valence-corrected chi connectivity index (χ3v) is 5.32. The highest BCUT2D eigenvalue weighted by molar-refractivity contribution is 7.99. The Kier molecular flexibility index (Phi) is 6.45. The number of carbonyl (C=O) groups is 1. The van der Waals surface area contributed by atoms with E-state index in [9.17, 15) is 23.2 Å². The minimum absolute atomic E-state index is 0.0551. The summed E-state index contributed by atoms with van der Waals surface area (Å²) in [7, 11) is 0. The number of carbonyl (C=O) groups excluding carboxylic acids is 1. The molecule has 0 saturated carbocycles. The van der Waals surface area contributed by atoms with E-state index < -0.39 is 22.9 Å². The predicted octanol–water partition coefficient (Wildman–Crippen LogP) is 2.24. The van der Waals surface area contributed by atoms with Gasteiger partial charge in [-0.05, 0) is 42.5 Å². The Morgan fingerprint density at radius 1 is 1.00 bits per heavy atom. The van der Waals surface area contributed by atoms with E-state index in [4.69, 9.17) is 0 Å². The lowest BCUT2D eigenvalue weighted by atomic mass is 10.2. The number of H-pyrrole nitrogens is 2. The number of hydrogen-bond donors (Lipinski definition) is 3. The van der Waals surface area contributed by atoms with Crippen LogP contribution in [0, 0.1) is 11.6 Å². The normalized spacial score (nSPS) is 10.8. The molecule has 12 heteroatoms. The van der Waals surface area contributed by atoms with Gasteiger partial charge in [-0.25, -0.2) is 13.6 Å². The Morgan fingerprint density at radius 3 is 2.52 bits per heavy atom. The van der Waals surface area contributed by atoms with Gasteiger partial charge in [-0.2, -0.15) is 0 Å². The zero-order valence-corrected chi connectivity index (χ0v) is 17.7. The predicted molar refractivity (Wildman–Crippen MR) is 118 cm³/mol. The molecule has 9 nitrogen and oxygen atoms in total. The zero-order valence-electron chi connectivity index (χ0n) is 16.8. The average Bonchev–Trinajstić information content (AvgIpc) is 3.14. The maximum Gasteiger partial charge on any atom is 0.325 e. The summed E-state index contributed by atoms with van der Waals surface area (Å²) in [6.07, 6.45) is 0.0551. The van der Waals surface area contributed by atoms with Crippen molar-refractivity contribution in [2.24, 2.45) is 0 Å². The van der Waals surface area contributed by atoms with E-state index >= 15 is 0 Å². The van der Waals surface area contributed by atoms with Gasteiger partial charge in [-0.15, -0.1) is 10.2 Å². The second-order valence-corrected chi connectivity index (χ2v) is 7.79. The molecule has 0 fully saturated rings. The Bertz CT molecular complexity index is 1390. The van der Waals surface area contributed by atoms with E-state index in [0.717, 1.165) is 11.8 Å². The highest BCUT2D eigenvalue weighted by Crippen LogP contribution is 2.24. The molecular formula is C21H16F2N6O3S. The van der Waals surface area contributed by atoms with E-state index in [-0.39, 0.29) is 18.1 Å². The number of nitrogens with zero attached hydrogens (tertiary/aromatic N) is 3. The van der Waals surface area contributed by atoms with Crippen molar-refractivity contribution in [2.75, 3.05) is 11.1 Å². The number of thioether (sulfide) groups is 1. The van der Waals surface area contributed by atoms with E-state index in [1.165, 1.54) is 48.5 Å². The van der Waals surface area contributed by atoms with Crippen LogP contribution >= 0.6 is 11.8 Å². The number of hydrogen-bond acceptors (Lipinski definition) is 6. The SMILES string of the molecule is O=C(CSc1nnc(Cc2cc(=O)[nH]c(=O)[nH]2)n1-c1ccc(F)cc1)Nc1cccc(F)c1. The molecule has 168 valence electrons. The summed E-state index contributed by atoms with van der Waals surface area (Å²) in [5.74, 6) is -0.997. The van der Waals surface area contributed by atoms with Crippen molar-refractivity contribution in [3.63, 3.8) is 0 Å². The smallest absolute Gasteiger partial charge is 0.325 e. The molecule has 0 atom stereocenters. The molecule has 33 heavy (non-hydrogen) atoms. The Morgan fingerprint density at radius 2 is 1.79 bits per heavy atom. The molecule has 1 amide bonds. The first-order valence-electron chi connectivity index (χ1n) is 9.58. The third kappa shape index (κ3) is 5.60. The van der Waals surface area contributed by atoms with Gasteiger partial charge in [-0.1, -0.05) is 17.8 Å². The lowest BCUT2D eigenvalue weighted by molar-refractivity contribution is -0.113. The first kappa shape index (κ1) is 22.1. The van der Waals surface area contributed by atoms with Crippen molar-refractivity contribution in [3.05, 3.63) is 98.6 Å². The molecule has 0 radical (unpaired) electrons. The Labute approximate surface area is 188 Å². The molecule has 2 heterocycles. The minimum atomic E-state index is -0.658. The number of nitrogens with one attached hydrogen (secondary N) is 3. The molecule has 0 spiro atoms. The van der Waals surface area contributed by atoms with Crippen LogP contribution in [0.5, 0.6) is 0 Å². The Balaban J connectivity index is 1.59. The molecule has 0 aliphatic heterocycles. The van der Waals surface area contributed by atoms with Crippen molar-refractivity contribution in [2.45, 2.75) is 11.6 Å². The minimum Gasteiger partial charge on any atom is -0.325 e. The topological polar surface area (TPSA) is 126 Å². The van der Waals surface area contributed by atoms with Gasteiger partial charge >= 0.3 is 5.69 Å². The van der Waals surface area contributed by atoms with Crippen LogP contribution < -0.4 is 16.6 Å². The summed E-state index contributed by atoms with van der Waals surface area (Å²) in [6.45, 7) is 0. The highest BCUT2D eigenvalue weighted by atomic mass is 32.2. The number of anilines is 1. The van der Waals surface area contributed by atoms with E-state index in [0.29, 0.717) is 28.0 Å². The summed E-state index contributed by atoms with van der Waals surface area (Å²) in [5, 5.41) is 11.2. The molecule has 0 unspecified atom stereocenters. The second kappa shape index (κ2) is 9.61. The third-order valence-electron chi connectivity index (χ3n) is 4.39. The fraction of sp³-hybridized carbons (Fsp3) is 0.0952. The molecule has 0 aliphatic rings. The highest BCUT2D eigenvalue weighted by Gasteiger charge is 2.17. The zero-order chi connectivity index (χ0) is 23.4. The van der Waals surface area contributed by atoms with Crippen LogP contribution in [0.3, 0.4) is 0 Å². The lowest BCUT2D eigenvalue weighted by Gasteiger charge is -2.10. The van der Waals surface area contributed by atoms with Gasteiger partial charge in [0.05, 0.1) is 5.75 Å². The fourth-order valence-corrected chi connectivity index (χ4v) is 3.81. The molecule has 0 saturated heterocycles. The van der Waals surface area contributed by atoms with Crippen LogP contribution in [0.15, 0.2) is 69.3 Å². The molecule has 0 aliphatic carbocycles. The monoisotopic (exact) mass is 470 g/mol. The summed E-state index contributed by atoms with van der Waals surface area (Å²) in [5.41, 5.74) is -0.0738. The lowest BCUT2D eigenvalue weighted by Crippen LogP contribution is -2.23. The number of benzene rings is 2. The molecular weight excluding hydrogens is 454 g/mol. The van der Waals surface area contributed by atoms with Crippen molar-refractivity contribution in [3.8, 4) is 5.69 Å². The molecule has 4 rings (SSSR count). The van der Waals surface area contributed by atoms with Gasteiger partial charge in [0.2, 0.25) is 5.91 Å². The number of amides is 1. The molecule has 3 N–H and O–H groups in total. The molecule has 0 bridgehead atoms. The van der Waals surface area contributed by atoms with Gasteiger partial charge in [0.25, 0.3) is 5.56 Å². The maximum absolute atomic E-state index is 13.5. The Hall–Kier alpha value is -4.06. The van der Waals surface area contributed by atoms with Gasteiger partial charge in [0.15, 0.2) is 5.16 Å². The van der Waals surface area contributed by atoms with E-state index in [1.54, 1.807) is 10.6 Å². The van der Waals surface area contributed by atoms with Gasteiger partial charge in [0, 0.05) is 29.6 Å². The van der Waals surface area contributed by atoms with E-state index in [1.807, 2.05) is 0 Å². The van der Waals surface area contributed by atoms with E-state index in [2.05, 4.69) is 25.5 Å². The average molecular weight is 470 g/mol. The second-order valence-electron chi connectivity index (χ2n) is 6.85. The van der Waals surface area contributed by atoms with Crippen molar-refractivity contribution < 1.29 is 13.6 Å². The van der Waals surface area contributed by atoms with Crippen LogP contribution in [0.4, 0.5) is 14.5 Å². The number of aromatic nitrogens is 5. The van der Waals surface area contributed by atoms with Crippen molar-refractivity contribution in [1.82, 2.24) is 24.7 Å². The molecule has 4 aromatic rings. The number of aromatic amines is 2. The molecule has 2 aromatic carbocycles. The number of rotatable bonds is 7. The summed E-state index contributed by atoms with van der Waals surface area (Å²) in [6, 6.07) is 12.3. The quantitative estimate of drug-likeness (QED) is 0.356. The number of halogens is 2. The maximum atomic E-state index is 13.5. The standard InChI is InChI=1S/C21H16F2N6O3S/c22-12-4-6-16(7-5-12)29-17(9-15-10-18(30)26-20(32)25-15)27-28-21(29)33-11-19(31)24-14-3-1-2-13(23)8-14/h1-8,10H,9,11H2,(H,24,31)(H2,25,26,30,32). The first-order valence-corrected chi connectivity index (χ1v) is 10.6. The first-order chi connectivity index (χ1) is 15.9. The van der Waals surface area contributed by atoms with Crippen LogP contribution in [-0.4, -0.2) is 36.4 Å². The van der Waals surface area contributed by atoms with Gasteiger partial charge < -0.3 is 10.3 Å².